The van der Waals surface area contributed by atoms with E-state index in [1.807, 2.05) is 0 Å². The average Bonchev–Trinajstić information content (AvgIpc) is 3.20. The second-order valence-corrected chi connectivity index (χ2v) is 6.38. The topological polar surface area (TPSA) is 59.1 Å². The number of hydrogen-bond acceptors (Lipinski definition) is 5. The van der Waals surface area contributed by atoms with Gasteiger partial charge in [-0.3, -0.25) is 0 Å². The monoisotopic (exact) mass is 290 g/mol. The van der Waals surface area contributed by atoms with Gasteiger partial charge in [-0.05, 0) is 38.0 Å². The maximum atomic E-state index is 5.92. The predicted molar refractivity (Wildman–Crippen MR) is 84.8 cm³/mol. The summed E-state index contributed by atoms with van der Waals surface area (Å²) >= 11 is 0. The van der Waals surface area contributed by atoms with Gasteiger partial charge in [-0.15, -0.1) is 0 Å². The molecule has 1 saturated carbocycles. The van der Waals surface area contributed by atoms with Gasteiger partial charge in [-0.2, -0.15) is 0 Å². The number of rotatable bonds is 6. The van der Waals surface area contributed by atoms with Crippen LogP contribution in [0.4, 0.5) is 11.6 Å². The Kier molecular flexibility index (Phi) is 4.29. The van der Waals surface area contributed by atoms with Crippen LogP contribution in [0.1, 0.15) is 51.5 Å². The second kappa shape index (κ2) is 6.18. The Morgan fingerprint density at radius 2 is 2.00 bits per heavy atom. The molecule has 1 aliphatic heterocycles. The maximum absolute atomic E-state index is 5.92. The summed E-state index contributed by atoms with van der Waals surface area (Å²) in [4.78, 5) is 8.90. The van der Waals surface area contributed by atoms with Crippen LogP contribution >= 0.6 is 0 Å². The van der Waals surface area contributed by atoms with Gasteiger partial charge in [0.15, 0.2) is 0 Å². The normalized spacial score (nSPS) is 25.3. The van der Waals surface area contributed by atoms with E-state index in [1.54, 1.807) is 6.33 Å². The number of ether oxygens (including phenoxy) is 1. The molecule has 2 heterocycles. The van der Waals surface area contributed by atoms with Gasteiger partial charge in [0, 0.05) is 18.7 Å². The van der Waals surface area contributed by atoms with Gasteiger partial charge in [0.1, 0.15) is 18.0 Å². The van der Waals surface area contributed by atoms with Gasteiger partial charge >= 0.3 is 0 Å². The first-order valence-corrected chi connectivity index (χ1v) is 8.17. The lowest BCUT2D eigenvalue weighted by molar-refractivity contribution is 0.0898. The Hall–Kier alpha value is -1.36. The van der Waals surface area contributed by atoms with Gasteiger partial charge in [-0.25, -0.2) is 9.97 Å². The molecule has 5 heteroatoms. The van der Waals surface area contributed by atoms with Crippen molar-refractivity contribution in [2.24, 2.45) is 5.92 Å². The third-order valence-electron chi connectivity index (χ3n) is 4.35. The van der Waals surface area contributed by atoms with Gasteiger partial charge in [0.2, 0.25) is 0 Å². The Morgan fingerprint density at radius 1 is 1.24 bits per heavy atom. The van der Waals surface area contributed by atoms with E-state index < -0.39 is 0 Å². The highest BCUT2D eigenvalue weighted by Crippen LogP contribution is 2.40. The number of aromatic nitrogens is 2. The molecule has 0 aromatic carbocycles. The zero-order valence-electron chi connectivity index (χ0n) is 13.2. The summed E-state index contributed by atoms with van der Waals surface area (Å²) in [6, 6.07) is 0.388. The molecule has 1 aliphatic carbocycles. The third-order valence-corrected chi connectivity index (χ3v) is 4.35. The molecule has 1 aromatic heterocycles. The van der Waals surface area contributed by atoms with E-state index in [2.05, 4.69) is 41.4 Å². The van der Waals surface area contributed by atoms with Crippen molar-refractivity contribution in [3.8, 4) is 0 Å². The minimum absolute atomic E-state index is 0.363. The molecule has 2 N–H and O–H groups in total. The third kappa shape index (κ3) is 3.12. The molecule has 2 atom stereocenters. The van der Waals surface area contributed by atoms with Crippen LogP contribution in [-0.2, 0) is 4.74 Å². The first kappa shape index (κ1) is 14.6. The van der Waals surface area contributed by atoms with Crippen LogP contribution in [0.5, 0.6) is 0 Å². The molecule has 0 radical (unpaired) electrons. The first-order chi connectivity index (χ1) is 10.2. The molecule has 2 aliphatic rings. The summed E-state index contributed by atoms with van der Waals surface area (Å²) in [6.45, 7) is 8.20. The van der Waals surface area contributed by atoms with Crippen molar-refractivity contribution < 1.29 is 4.74 Å². The van der Waals surface area contributed by atoms with Gasteiger partial charge in [-0.1, -0.05) is 13.8 Å². The second-order valence-electron chi connectivity index (χ2n) is 6.38. The molecule has 1 aromatic rings. The highest BCUT2D eigenvalue weighted by atomic mass is 16.5. The fraction of sp³-hybridized carbons (Fsp3) is 0.750. The molecular formula is C16H26N4O. The Balaban J connectivity index is 1.82. The van der Waals surface area contributed by atoms with E-state index in [0.717, 1.165) is 37.1 Å². The molecule has 21 heavy (non-hydrogen) atoms. The van der Waals surface area contributed by atoms with E-state index >= 15 is 0 Å². The van der Waals surface area contributed by atoms with Gasteiger partial charge < -0.3 is 15.4 Å². The number of nitrogens with one attached hydrogen (secondary N) is 2. The van der Waals surface area contributed by atoms with Crippen molar-refractivity contribution in [3.63, 3.8) is 0 Å². The fourth-order valence-corrected chi connectivity index (χ4v) is 3.20. The van der Waals surface area contributed by atoms with Crippen LogP contribution in [0, 0.1) is 5.92 Å². The van der Waals surface area contributed by atoms with Crippen LogP contribution < -0.4 is 10.6 Å². The average molecular weight is 290 g/mol. The van der Waals surface area contributed by atoms with Crippen LogP contribution in [0.15, 0.2) is 6.33 Å². The highest BCUT2D eigenvalue weighted by Gasteiger charge is 2.41. The van der Waals surface area contributed by atoms with Crippen LogP contribution in [-0.4, -0.2) is 35.3 Å². The lowest BCUT2D eigenvalue weighted by Gasteiger charge is -2.23. The SMILES string of the molecule is CCNc1ncnc(NC2CCOC2C2CC2)c1C(C)C. The standard InChI is InChI=1S/C16H26N4O/c1-4-17-15-13(10(2)3)16(19-9-18-15)20-12-7-8-21-14(12)11-5-6-11/h9-12,14H,4-8H2,1-3H3,(H2,17,18,19,20). The molecule has 2 unspecified atom stereocenters. The highest BCUT2D eigenvalue weighted by molar-refractivity contribution is 5.59. The summed E-state index contributed by atoms with van der Waals surface area (Å²) in [5, 5.41) is 6.99. The molecular weight excluding hydrogens is 264 g/mol. The number of anilines is 2. The molecule has 2 fully saturated rings. The predicted octanol–water partition coefficient (Wildman–Crippen LogP) is 3.01. The number of nitrogens with zero attached hydrogens (tertiary/aromatic N) is 2. The minimum Gasteiger partial charge on any atom is -0.376 e. The summed E-state index contributed by atoms with van der Waals surface area (Å²) in [5.74, 6) is 3.05. The summed E-state index contributed by atoms with van der Waals surface area (Å²) in [5.41, 5.74) is 1.18. The molecule has 0 spiro atoms. The minimum atomic E-state index is 0.363. The number of hydrogen-bond donors (Lipinski definition) is 2. The van der Waals surface area contributed by atoms with Crippen molar-refractivity contribution in [2.75, 3.05) is 23.8 Å². The molecule has 3 rings (SSSR count). The summed E-state index contributed by atoms with van der Waals surface area (Å²) < 4.78 is 5.92. The van der Waals surface area contributed by atoms with Crippen LogP contribution in [0.3, 0.4) is 0 Å². The van der Waals surface area contributed by atoms with Crippen molar-refractivity contribution in [3.05, 3.63) is 11.9 Å². The lowest BCUT2D eigenvalue weighted by Crippen LogP contribution is -2.32. The Labute approximate surface area is 126 Å². The van der Waals surface area contributed by atoms with Crippen LogP contribution in [0.25, 0.3) is 0 Å². The summed E-state index contributed by atoms with van der Waals surface area (Å²) in [7, 11) is 0. The maximum Gasteiger partial charge on any atom is 0.135 e. The molecule has 0 amide bonds. The smallest absolute Gasteiger partial charge is 0.135 e. The molecule has 5 nitrogen and oxygen atoms in total. The van der Waals surface area contributed by atoms with E-state index in [1.165, 1.54) is 18.4 Å². The first-order valence-electron chi connectivity index (χ1n) is 8.17. The van der Waals surface area contributed by atoms with E-state index in [0.29, 0.717) is 18.1 Å². The van der Waals surface area contributed by atoms with Crippen LogP contribution in [0.2, 0.25) is 0 Å². The fourth-order valence-electron chi connectivity index (χ4n) is 3.20. The molecule has 116 valence electrons. The van der Waals surface area contributed by atoms with Crippen molar-refractivity contribution in [2.45, 2.75) is 58.1 Å². The van der Waals surface area contributed by atoms with Crippen molar-refractivity contribution in [1.29, 1.82) is 0 Å². The molecule has 0 bridgehead atoms. The molecule has 1 saturated heterocycles. The zero-order chi connectivity index (χ0) is 14.8. The zero-order valence-corrected chi connectivity index (χ0v) is 13.2. The lowest BCUT2D eigenvalue weighted by atomic mass is 10.0. The Morgan fingerprint density at radius 3 is 2.67 bits per heavy atom. The van der Waals surface area contributed by atoms with E-state index in [9.17, 15) is 0 Å². The largest absolute Gasteiger partial charge is 0.376 e. The quantitative estimate of drug-likeness (QED) is 0.843. The van der Waals surface area contributed by atoms with Gasteiger partial charge in [0.25, 0.3) is 0 Å². The van der Waals surface area contributed by atoms with E-state index in [-0.39, 0.29) is 0 Å². The summed E-state index contributed by atoms with van der Waals surface area (Å²) in [6.07, 6.45) is 5.70. The van der Waals surface area contributed by atoms with Crippen molar-refractivity contribution >= 4 is 11.6 Å². The van der Waals surface area contributed by atoms with Crippen molar-refractivity contribution in [1.82, 2.24) is 9.97 Å². The Bertz CT molecular complexity index is 487. The van der Waals surface area contributed by atoms with Gasteiger partial charge in [0.05, 0.1) is 12.1 Å². The van der Waals surface area contributed by atoms with E-state index in [4.69, 9.17) is 4.74 Å².